The topological polar surface area (TPSA) is 98.7 Å². The first-order valence-electron chi connectivity index (χ1n) is 13.7. The molecule has 2 aromatic heterocycles. The van der Waals surface area contributed by atoms with E-state index in [4.69, 9.17) is 4.74 Å². The van der Waals surface area contributed by atoms with Gasteiger partial charge in [-0.2, -0.15) is 18.3 Å². The molecule has 2 aliphatic rings. The predicted molar refractivity (Wildman–Crippen MR) is 149 cm³/mol. The lowest BCUT2D eigenvalue weighted by atomic mass is 10.0. The minimum Gasteiger partial charge on any atom is -0.379 e. The van der Waals surface area contributed by atoms with Crippen molar-refractivity contribution in [3.63, 3.8) is 0 Å². The van der Waals surface area contributed by atoms with E-state index in [0.717, 1.165) is 25.8 Å². The Bertz CT molecular complexity index is 1480. The van der Waals surface area contributed by atoms with Crippen molar-refractivity contribution in [1.82, 2.24) is 24.6 Å². The lowest BCUT2D eigenvalue weighted by Gasteiger charge is -2.39. The molecule has 0 spiro atoms. The highest BCUT2D eigenvalue weighted by atomic mass is 19.4. The largest absolute Gasteiger partial charge is 0.417 e. The third-order valence-corrected chi connectivity index (χ3v) is 7.80. The summed E-state index contributed by atoms with van der Waals surface area (Å²) in [5.74, 6) is -1.64. The number of morpholine rings is 1. The molecule has 2 fully saturated rings. The summed E-state index contributed by atoms with van der Waals surface area (Å²) in [6.45, 7) is 8.04. The van der Waals surface area contributed by atoms with Crippen molar-refractivity contribution in [3.8, 4) is 11.1 Å². The average molecular weight is 592 g/mol. The lowest BCUT2D eigenvalue weighted by molar-refractivity contribution is -0.138. The summed E-state index contributed by atoms with van der Waals surface area (Å²) in [6.07, 6.45) is -0.974. The maximum atomic E-state index is 15.7. The van der Waals surface area contributed by atoms with Crippen LogP contribution in [0, 0.1) is 5.82 Å². The van der Waals surface area contributed by atoms with Crippen LogP contribution in [0.5, 0.6) is 0 Å². The second kappa shape index (κ2) is 12.2. The fourth-order valence-corrected chi connectivity index (χ4v) is 5.19. The van der Waals surface area contributed by atoms with E-state index in [9.17, 15) is 22.8 Å². The smallest absolute Gasteiger partial charge is 0.379 e. The van der Waals surface area contributed by atoms with Crippen LogP contribution in [-0.2, 0) is 17.5 Å². The maximum absolute atomic E-state index is 15.7. The summed E-state index contributed by atoms with van der Waals surface area (Å²) in [6, 6.07) is 3.18. The Balaban J connectivity index is 1.47. The predicted octanol–water partition coefficient (Wildman–Crippen LogP) is 3.12. The van der Waals surface area contributed by atoms with Gasteiger partial charge in [-0.15, -0.1) is 0 Å². The number of alkyl halides is 3. The number of hydrogen-bond acceptors (Lipinski definition) is 7. The lowest BCUT2D eigenvalue weighted by Crippen LogP contribution is -2.50. The summed E-state index contributed by atoms with van der Waals surface area (Å²) in [5.41, 5.74) is -1.99. The molecule has 14 heteroatoms. The number of carbonyl (C=O) groups is 1. The second-order valence-corrected chi connectivity index (χ2v) is 10.6. The van der Waals surface area contributed by atoms with Crippen LogP contribution in [0.4, 0.5) is 28.9 Å². The van der Waals surface area contributed by atoms with Crippen LogP contribution in [-0.4, -0.2) is 96.0 Å². The van der Waals surface area contributed by atoms with Gasteiger partial charge in [0.05, 0.1) is 48.5 Å². The minimum absolute atomic E-state index is 0.116. The molecule has 0 saturated carbocycles. The number of rotatable bonds is 7. The van der Waals surface area contributed by atoms with Gasteiger partial charge in [0.1, 0.15) is 5.82 Å². The Morgan fingerprint density at radius 1 is 1.14 bits per heavy atom. The van der Waals surface area contributed by atoms with E-state index < -0.39 is 34.6 Å². The number of aromatic amines is 1. The van der Waals surface area contributed by atoms with E-state index in [1.165, 1.54) is 18.3 Å². The third-order valence-electron chi connectivity index (χ3n) is 7.80. The molecule has 0 aliphatic carbocycles. The molecule has 1 atom stereocenters. The van der Waals surface area contributed by atoms with Crippen molar-refractivity contribution in [2.75, 3.05) is 69.7 Å². The highest BCUT2D eigenvalue weighted by Gasteiger charge is 2.36. The van der Waals surface area contributed by atoms with Gasteiger partial charge in [-0.1, -0.05) is 0 Å². The van der Waals surface area contributed by atoms with Crippen molar-refractivity contribution in [2.45, 2.75) is 25.7 Å². The van der Waals surface area contributed by atoms with Crippen LogP contribution in [0.2, 0.25) is 0 Å². The Morgan fingerprint density at radius 3 is 2.62 bits per heavy atom. The first-order chi connectivity index (χ1) is 20.0. The Hall–Kier alpha value is -3.75. The third kappa shape index (κ3) is 6.66. The van der Waals surface area contributed by atoms with Gasteiger partial charge in [0.15, 0.2) is 0 Å². The monoisotopic (exact) mass is 591 g/mol. The molecule has 2 N–H and O–H groups in total. The molecule has 226 valence electrons. The number of carbonyl (C=O) groups excluding carboxylic acids is 1. The van der Waals surface area contributed by atoms with E-state index in [-0.39, 0.29) is 17.3 Å². The van der Waals surface area contributed by atoms with Crippen LogP contribution < -0.4 is 15.8 Å². The molecular weight excluding hydrogens is 558 g/mol. The van der Waals surface area contributed by atoms with Gasteiger partial charge >= 0.3 is 6.18 Å². The van der Waals surface area contributed by atoms with Gasteiger partial charge in [-0.05, 0) is 26.1 Å². The molecule has 0 bridgehead atoms. The van der Waals surface area contributed by atoms with Crippen LogP contribution >= 0.6 is 0 Å². The molecule has 0 radical (unpaired) electrons. The molecule has 4 heterocycles. The van der Waals surface area contributed by atoms with Gasteiger partial charge < -0.3 is 24.8 Å². The summed E-state index contributed by atoms with van der Waals surface area (Å²) in [7, 11) is 1.97. The van der Waals surface area contributed by atoms with E-state index in [2.05, 4.69) is 25.2 Å². The van der Waals surface area contributed by atoms with E-state index in [1.54, 1.807) is 10.9 Å². The van der Waals surface area contributed by atoms with Crippen LogP contribution in [0.3, 0.4) is 0 Å². The zero-order chi connectivity index (χ0) is 30.0. The highest BCUT2D eigenvalue weighted by Crippen LogP contribution is 2.36. The van der Waals surface area contributed by atoms with Gasteiger partial charge in [-0.3, -0.25) is 19.2 Å². The fourth-order valence-electron chi connectivity index (χ4n) is 5.19. The molecule has 5 rings (SSSR count). The van der Waals surface area contributed by atoms with Gasteiger partial charge in [0, 0.05) is 74.9 Å². The van der Waals surface area contributed by atoms with Crippen LogP contribution in [0.15, 0.2) is 41.6 Å². The second-order valence-electron chi connectivity index (χ2n) is 10.6. The first-order valence-corrected chi connectivity index (χ1v) is 13.7. The number of ether oxygens (including phenoxy) is 1. The molecule has 1 amide bonds. The Labute approximate surface area is 239 Å². The van der Waals surface area contributed by atoms with Gasteiger partial charge in [0.25, 0.3) is 5.91 Å². The number of halogens is 4. The quantitative estimate of drug-likeness (QED) is 0.408. The molecule has 42 heavy (non-hydrogen) atoms. The maximum Gasteiger partial charge on any atom is 0.417 e. The van der Waals surface area contributed by atoms with Crippen LogP contribution in [0.25, 0.3) is 11.1 Å². The summed E-state index contributed by atoms with van der Waals surface area (Å²) >= 11 is 0. The summed E-state index contributed by atoms with van der Waals surface area (Å²) in [5, 5.41) is 6.93. The molecule has 2 aliphatic heterocycles. The zero-order valence-electron chi connectivity index (χ0n) is 23.4. The normalized spacial score (nSPS) is 18.8. The number of piperazine rings is 1. The van der Waals surface area contributed by atoms with Gasteiger partial charge in [-0.25, -0.2) is 4.39 Å². The number of amides is 1. The molecule has 1 aromatic carbocycles. The van der Waals surface area contributed by atoms with Crippen molar-refractivity contribution >= 4 is 17.3 Å². The Morgan fingerprint density at radius 2 is 1.90 bits per heavy atom. The number of H-pyrrole nitrogens is 1. The molecular formula is C28H33F4N7O3. The average Bonchev–Trinajstić information content (AvgIpc) is 3.43. The highest BCUT2D eigenvalue weighted by molar-refractivity contribution is 6.07. The fraction of sp³-hybridized carbons (Fsp3) is 0.464. The number of nitrogens with one attached hydrogen (secondary N) is 2. The summed E-state index contributed by atoms with van der Waals surface area (Å²) in [4.78, 5) is 33.3. The number of anilines is 2. The zero-order valence-corrected chi connectivity index (χ0v) is 23.4. The van der Waals surface area contributed by atoms with Crippen molar-refractivity contribution in [2.24, 2.45) is 0 Å². The molecule has 2 saturated heterocycles. The number of likely N-dealkylation sites (N-methyl/N-ethyl adjacent to an activating group) is 1. The SMILES string of the molecule is C[C@@H]1CN(c2cc(F)c(-c3cnn(CCN4CCOCC4)c3)cc2NC(=O)c2c[nH]c(=O)cc2C(F)(F)F)CCN1C. The molecule has 3 aromatic rings. The van der Waals surface area contributed by atoms with Gasteiger partial charge in [0.2, 0.25) is 5.56 Å². The molecule has 10 nitrogen and oxygen atoms in total. The van der Waals surface area contributed by atoms with Crippen molar-refractivity contribution < 1.29 is 27.1 Å². The number of benzene rings is 1. The van der Waals surface area contributed by atoms with E-state index >= 15 is 4.39 Å². The Kier molecular flexibility index (Phi) is 8.66. The van der Waals surface area contributed by atoms with E-state index in [1.807, 2.05) is 18.9 Å². The minimum atomic E-state index is -4.93. The van der Waals surface area contributed by atoms with Crippen molar-refractivity contribution in [1.29, 1.82) is 0 Å². The van der Waals surface area contributed by atoms with E-state index in [0.29, 0.717) is 56.7 Å². The number of nitrogens with zero attached hydrogens (tertiary/aromatic N) is 5. The summed E-state index contributed by atoms with van der Waals surface area (Å²) < 4.78 is 63.8. The number of hydrogen-bond donors (Lipinski definition) is 2. The van der Waals surface area contributed by atoms with Crippen molar-refractivity contribution in [3.05, 3.63) is 64.1 Å². The van der Waals surface area contributed by atoms with Crippen LogP contribution in [0.1, 0.15) is 22.8 Å². The number of aromatic nitrogens is 3. The first kappa shape index (κ1) is 29.7. The standard InChI is InChI=1S/C28H33F4N7O3/c1-18-16-38(5-3-36(18)2)25-13-23(29)20(19-14-34-39(17-19)6-4-37-7-9-42-10-8-37)11-24(25)35-27(41)21-15-33-26(40)12-22(21)28(30,31)32/h11-15,17-18H,3-10,16H2,1-2H3,(H,33,40)(H,35,41)/t18-/m1/s1. The number of pyridine rings is 1. The molecule has 0 unspecified atom stereocenters.